The van der Waals surface area contributed by atoms with Gasteiger partial charge in [0.1, 0.15) is 24.1 Å². The van der Waals surface area contributed by atoms with Gasteiger partial charge in [-0.25, -0.2) is 0 Å². The second kappa shape index (κ2) is 11.0. The van der Waals surface area contributed by atoms with Crippen molar-refractivity contribution in [2.45, 2.75) is 90.5 Å². The minimum atomic E-state index is -0.516. The molecule has 43 heavy (non-hydrogen) atoms. The highest BCUT2D eigenvalue weighted by Crippen LogP contribution is 2.57. The van der Waals surface area contributed by atoms with Crippen LogP contribution >= 0.6 is 0 Å². The first-order valence-corrected chi connectivity index (χ1v) is 15.0. The number of ether oxygens (including phenoxy) is 5. The second-order valence-electron chi connectivity index (χ2n) is 12.1. The number of hydrogen-bond acceptors (Lipinski definition) is 10. The van der Waals surface area contributed by atoms with E-state index in [2.05, 4.69) is 42.8 Å². The van der Waals surface area contributed by atoms with Crippen molar-refractivity contribution in [1.82, 2.24) is 9.80 Å². The highest BCUT2D eigenvalue weighted by molar-refractivity contribution is 5.74. The number of carbonyl (C=O) groups is 2. The van der Waals surface area contributed by atoms with Crippen LogP contribution in [0.25, 0.3) is 0 Å². The molecule has 1 saturated heterocycles. The molecule has 0 saturated carbocycles. The molecular weight excluding hydrogens is 550 g/mol. The molecule has 2 bridgehead atoms. The molecule has 0 aliphatic carbocycles. The fraction of sp³-hybridized carbons (Fsp3) is 0.545. The molecule has 0 aromatic heterocycles. The molecular formula is C33H39N3O7. The van der Waals surface area contributed by atoms with Gasteiger partial charge in [-0.1, -0.05) is 13.0 Å². The van der Waals surface area contributed by atoms with Crippen molar-refractivity contribution < 1.29 is 33.3 Å². The van der Waals surface area contributed by atoms with Crippen LogP contribution in [0.3, 0.4) is 0 Å². The highest BCUT2D eigenvalue weighted by atomic mass is 16.7. The van der Waals surface area contributed by atoms with Gasteiger partial charge in [0, 0.05) is 42.1 Å². The number of esters is 2. The van der Waals surface area contributed by atoms with Crippen LogP contribution in [-0.4, -0.2) is 67.4 Å². The predicted octanol–water partition coefficient (Wildman–Crippen LogP) is 4.39. The predicted molar refractivity (Wildman–Crippen MR) is 156 cm³/mol. The third-order valence-corrected chi connectivity index (χ3v) is 9.64. The fourth-order valence-corrected chi connectivity index (χ4v) is 8.06. The van der Waals surface area contributed by atoms with Crippen LogP contribution in [-0.2, 0) is 27.2 Å². The number of rotatable bonds is 6. The molecule has 10 nitrogen and oxygen atoms in total. The summed E-state index contributed by atoms with van der Waals surface area (Å²) in [5.41, 5.74) is 6.85. The van der Waals surface area contributed by atoms with Crippen LogP contribution in [0.5, 0.6) is 23.0 Å². The maximum absolute atomic E-state index is 12.7. The Kier molecular flexibility index (Phi) is 7.51. The molecule has 0 amide bonds. The Balaban J connectivity index is 1.60. The van der Waals surface area contributed by atoms with Crippen molar-refractivity contribution in [1.29, 1.82) is 5.26 Å². The lowest BCUT2D eigenvalue weighted by atomic mass is 9.71. The Hall–Kier alpha value is -3.81. The van der Waals surface area contributed by atoms with E-state index in [1.165, 1.54) is 18.1 Å². The molecule has 228 valence electrons. The summed E-state index contributed by atoms with van der Waals surface area (Å²) in [6.07, 6.45) is 2.16. The van der Waals surface area contributed by atoms with Crippen LogP contribution in [0.4, 0.5) is 0 Å². The average molecular weight is 590 g/mol. The topological polar surface area (TPSA) is 111 Å². The number of benzene rings is 2. The van der Waals surface area contributed by atoms with Gasteiger partial charge in [0.25, 0.3) is 0 Å². The number of carbonyl (C=O) groups excluding carboxylic acids is 2. The third kappa shape index (κ3) is 4.44. The quantitative estimate of drug-likeness (QED) is 0.355. The Morgan fingerprint density at radius 3 is 2.49 bits per heavy atom. The van der Waals surface area contributed by atoms with E-state index in [-0.39, 0.29) is 37.5 Å². The monoisotopic (exact) mass is 589 g/mol. The van der Waals surface area contributed by atoms with Crippen molar-refractivity contribution in [3.8, 4) is 29.1 Å². The van der Waals surface area contributed by atoms with Gasteiger partial charge in [0.15, 0.2) is 11.5 Å². The minimum absolute atomic E-state index is 0.0271. The summed E-state index contributed by atoms with van der Waals surface area (Å²) >= 11 is 0. The molecule has 4 aliphatic rings. The Morgan fingerprint density at radius 1 is 1.07 bits per heavy atom. The molecule has 2 aromatic carbocycles. The van der Waals surface area contributed by atoms with Crippen molar-refractivity contribution >= 4 is 11.9 Å². The van der Waals surface area contributed by atoms with E-state index in [1.54, 1.807) is 7.11 Å². The van der Waals surface area contributed by atoms with E-state index in [4.69, 9.17) is 23.7 Å². The Labute approximate surface area is 252 Å². The highest BCUT2D eigenvalue weighted by Gasteiger charge is 2.56. The maximum Gasteiger partial charge on any atom is 0.308 e. The summed E-state index contributed by atoms with van der Waals surface area (Å²) in [5.74, 6) is 1.66. The van der Waals surface area contributed by atoms with Crippen LogP contribution < -0.4 is 18.9 Å². The average Bonchev–Trinajstić information content (AvgIpc) is 3.45. The molecule has 0 spiro atoms. The van der Waals surface area contributed by atoms with Crippen LogP contribution in [0, 0.1) is 32.1 Å². The smallest absolute Gasteiger partial charge is 0.308 e. The van der Waals surface area contributed by atoms with Crippen LogP contribution in [0.1, 0.15) is 77.7 Å². The van der Waals surface area contributed by atoms with Gasteiger partial charge in [-0.3, -0.25) is 19.4 Å². The molecule has 4 heterocycles. The fourth-order valence-electron chi connectivity index (χ4n) is 8.06. The molecule has 0 N–H and O–H groups in total. The lowest BCUT2D eigenvalue weighted by molar-refractivity contribution is -0.149. The Bertz CT molecular complexity index is 1550. The number of aryl methyl sites for hydroxylation is 1. The van der Waals surface area contributed by atoms with Crippen molar-refractivity contribution in [3.05, 3.63) is 45.0 Å². The summed E-state index contributed by atoms with van der Waals surface area (Å²) in [6, 6.07) is 3.43. The third-order valence-electron chi connectivity index (χ3n) is 9.64. The van der Waals surface area contributed by atoms with Crippen molar-refractivity contribution in [3.63, 3.8) is 0 Å². The van der Waals surface area contributed by atoms with E-state index in [0.29, 0.717) is 48.5 Å². The first-order valence-electron chi connectivity index (χ1n) is 15.0. The van der Waals surface area contributed by atoms with E-state index in [1.807, 2.05) is 13.8 Å². The van der Waals surface area contributed by atoms with Crippen LogP contribution in [0.15, 0.2) is 6.07 Å². The first-order chi connectivity index (χ1) is 20.6. The zero-order valence-corrected chi connectivity index (χ0v) is 25.9. The number of fused-ring (bicyclic) bond motifs is 9. The van der Waals surface area contributed by atoms with Gasteiger partial charge in [-0.15, -0.1) is 0 Å². The summed E-state index contributed by atoms with van der Waals surface area (Å²) in [5, 5.41) is 10.8. The molecule has 1 unspecified atom stereocenters. The molecule has 1 fully saturated rings. The molecule has 10 heteroatoms. The number of nitriles is 1. The molecule has 6 rings (SSSR count). The van der Waals surface area contributed by atoms with E-state index in [0.717, 1.165) is 28.0 Å². The summed E-state index contributed by atoms with van der Waals surface area (Å²) in [7, 11) is 3.79. The summed E-state index contributed by atoms with van der Waals surface area (Å²) in [4.78, 5) is 29.7. The Morgan fingerprint density at radius 2 is 1.81 bits per heavy atom. The zero-order valence-electron chi connectivity index (χ0n) is 25.9. The zero-order chi connectivity index (χ0) is 30.7. The number of piperazine rings is 1. The van der Waals surface area contributed by atoms with Gasteiger partial charge in [0.2, 0.25) is 6.79 Å². The standard InChI is InChI=1S/C33H39N3O7/c1-8-9-26(38)40-14-25-28-21(31(43-19(5)37)18(4)32-33(28)42-15-41-32)12-23-29-27-17(3)30(39-7)16(2)10-20(27)11-22(35(29)6)24(13-34)36(23)25/h10,22-25,29H,8-9,11-12,14-15H2,1-7H3/t22-,23?,24-,25-,29-/m0/s1. The number of nitrogens with zero attached hydrogens (tertiary/aromatic N) is 3. The molecule has 0 radical (unpaired) electrons. The molecule has 2 aromatic rings. The normalized spacial score (nSPS) is 25.2. The largest absolute Gasteiger partial charge is 0.496 e. The van der Waals surface area contributed by atoms with Gasteiger partial charge in [-0.05, 0) is 69.3 Å². The number of methoxy groups -OCH3 is 1. The maximum atomic E-state index is 12.7. The van der Waals surface area contributed by atoms with Crippen LogP contribution in [0.2, 0.25) is 0 Å². The van der Waals surface area contributed by atoms with E-state index < -0.39 is 18.1 Å². The first kappa shape index (κ1) is 29.3. The summed E-state index contributed by atoms with van der Waals surface area (Å²) in [6.45, 7) is 9.40. The SMILES string of the molecule is CCCC(=O)OC[C@H]1c2c(c(OC(C)=O)c(C)c3c2OCO3)CC2[C@H]3c4c(cc(C)c(OC)c4C)C[C@@H]([C@H](C#N)N21)N3C. The van der Waals surface area contributed by atoms with Crippen molar-refractivity contribution in [2.24, 2.45) is 0 Å². The number of likely N-dealkylation sites (N-methyl/N-ethyl adjacent to an activating group) is 1. The van der Waals surface area contributed by atoms with Gasteiger partial charge in [0.05, 0.1) is 25.3 Å². The van der Waals surface area contributed by atoms with Gasteiger partial charge in [-0.2, -0.15) is 5.26 Å². The lowest BCUT2D eigenvalue weighted by Crippen LogP contribution is -2.68. The number of hydrogen-bond donors (Lipinski definition) is 0. The minimum Gasteiger partial charge on any atom is -0.496 e. The van der Waals surface area contributed by atoms with E-state index in [9.17, 15) is 14.9 Å². The lowest BCUT2D eigenvalue weighted by Gasteiger charge is -2.60. The van der Waals surface area contributed by atoms with Crippen molar-refractivity contribution in [2.75, 3.05) is 27.6 Å². The summed E-state index contributed by atoms with van der Waals surface area (Å²) < 4.78 is 29.6. The van der Waals surface area contributed by atoms with E-state index >= 15 is 0 Å². The molecule has 4 aliphatic heterocycles. The van der Waals surface area contributed by atoms with Gasteiger partial charge < -0.3 is 23.7 Å². The molecule has 5 atom stereocenters. The van der Waals surface area contributed by atoms with Gasteiger partial charge >= 0.3 is 11.9 Å². The second-order valence-corrected chi connectivity index (χ2v) is 12.1.